The molecule has 0 aromatic carbocycles. The molecule has 179 valence electrons. The molecule has 0 bridgehead atoms. The zero-order valence-electron chi connectivity index (χ0n) is 22.3. The second-order valence-electron chi connectivity index (χ2n) is 13.1. The number of hydrogen-bond acceptors (Lipinski definition) is 3. The summed E-state index contributed by atoms with van der Waals surface area (Å²) in [5.74, 6) is 0.968. The average Bonchev–Trinajstić information content (AvgIpc) is 3.05. The van der Waals surface area contributed by atoms with Gasteiger partial charge >= 0.3 is 14.6 Å². The van der Waals surface area contributed by atoms with Gasteiger partial charge < -0.3 is 14.0 Å². The van der Waals surface area contributed by atoms with E-state index in [2.05, 4.69) is 103 Å². The molecule has 1 saturated heterocycles. The van der Waals surface area contributed by atoms with Crippen LogP contribution in [0.15, 0.2) is 46.4 Å². The van der Waals surface area contributed by atoms with E-state index in [-0.39, 0.29) is 34.5 Å². The Morgan fingerprint density at radius 2 is 1.39 bits per heavy atom. The van der Waals surface area contributed by atoms with E-state index in [0.29, 0.717) is 11.8 Å². The SMILES string of the molecule is CC1(C)C2CC([B]OC(C)(C)C(C)(C)P)=CC=C2C2=CC=C(B3OC(C)(C)C(C)(C)O3)CC21. The maximum Gasteiger partial charge on any atom is 0.490 e. The molecule has 2 fully saturated rings. The average molecular weight is 467 g/mol. The van der Waals surface area contributed by atoms with Crippen LogP contribution >= 0.6 is 9.24 Å². The lowest BCUT2D eigenvalue weighted by Gasteiger charge is -2.40. The fourth-order valence-electron chi connectivity index (χ4n) is 5.25. The minimum Gasteiger partial charge on any atom is -0.429 e. The van der Waals surface area contributed by atoms with Crippen LogP contribution in [0.4, 0.5) is 0 Å². The predicted octanol–water partition coefficient (Wildman–Crippen LogP) is 6.43. The first kappa shape index (κ1) is 25.5. The number of allylic oxidation sites excluding steroid dienone is 8. The lowest BCUT2D eigenvalue weighted by Crippen LogP contribution is -2.44. The van der Waals surface area contributed by atoms with E-state index in [1.165, 1.54) is 22.1 Å². The fourth-order valence-corrected chi connectivity index (χ4v) is 5.32. The van der Waals surface area contributed by atoms with Crippen LogP contribution in [0.25, 0.3) is 0 Å². The molecule has 6 heteroatoms. The maximum atomic E-state index is 6.38. The molecule has 1 heterocycles. The van der Waals surface area contributed by atoms with Gasteiger partial charge in [0.25, 0.3) is 0 Å². The van der Waals surface area contributed by atoms with Gasteiger partial charge in [-0.05, 0) is 88.3 Å². The van der Waals surface area contributed by atoms with Crippen molar-refractivity contribution in [2.75, 3.05) is 0 Å². The second-order valence-corrected chi connectivity index (χ2v) is 14.6. The topological polar surface area (TPSA) is 27.7 Å². The van der Waals surface area contributed by atoms with Gasteiger partial charge in [0, 0.05) is 5.16 Å². The van der Waals surface area contributed by atoms with Crippen LogP contribution in [-0.4, -0.2) is 36.6 Å². The first-order chi connectivity index (χ1) is 15.0. The molecule has 0 aromatic heterocycles. The summed E-state index contributed by atoms with van der Waals surface area (Å²) in [4.78, 5) is 0. The minimum absolute atomic E-state index is 0.0122. The van der Waals surface area contributed by atoms with Crippen molar-refractivity contribution in [3.05, 3.63) is 46.4 Å². The van der Waals surface area contributed by atoms with Crippen LogP contribution in [0.5, 0.6) is 0 Å². The third-order valence-electron chi connectivity index (χ3n) is 9.33. The number of hydrogen-bond donors (Lipinski definition) is 0. The molecule has 1 aliphatic heterocycles. The van der Waals surface area contributed by atoms with Gasteiger partial charge in [-0.3, -0.25) is 0 Å². The Kier molecular flexibility index (Phi) is 6.14. The van der Waals surface area contributed by atoms with E-state index in [0.717, 1.165) is 12.8 Å². The van der Waals surface area contributed by atoms with Crippen molar-refractivity contribution in [1.82, 2.24) is 0 Å². The summed E-state index contributed by atoms with van der Waals surface area (Å²) in [5.41, 5.74) is 4.82. The van der Waals surface area contributed by atoms with E-state index in [1.807, 2.05) is 7.48 Å². The first-order valence-electron chi connectivity index (χ1n) is 12.4. The fraction of sp³-hybridized carbons (Fsp3) is 0.704. The molecule has 3 aliphatic carbocycles. The molecule has 3 atom stereocenters. The van der Waals surface area contributed by atoms with Crippen molar-refractivity contribution >= 4 is 23.8 Å². The standard InChI is InChI=1S/C27H42B2O3P/c1-23(2)21-15-17(28-30-26(7,8)27(9,10)33)11-13-19(21)20-14-12-18(16-22(20)23)29-31-24(3,4)25(5,6)32-29/h11-14,21-22H,15-16,33H2,1-10H3. The Hall–Kier alpha value is -0.600. The van der Waals surface area contributed by atoms with Gasteiger partial charge in [0.05, 0.1) is 16.8 Å². The highest BCUT2D eigenvalue weighted by Gasteiger charge is 2.55. The molecule has 1 radical (unpaired) electrons. The van der Waals surface area contributed by atoms with E-state index in [1.54, 1.807) is 0 Å². The van der Waals surface area contributed by atoms with Crippen molar-refractivity contribution in [3.63, 3.8) is 0 Å². The summed E-state index contributed by atoms with van der Waals surface area (Å²) in [5, 5.41) is -0.0122. The summed E-state index contributed by atoms with van der Waals surface area (Å²) in [6, 6.07) is 0. The molecule has 0 amide bonds. The van der Waals surface area contributed by atoms with E-state index >= 15 is 0 Å². The van der Waals surface area contributed by atoms with Gasteiger partial charge in [-0.1, -0.05) is 57.5 Å². The van der Waals surface area contributed by atoms with Crippen LogP contribution < -0.4 is 0 Å². The van der Waals surface area contributed by atoms with Gasteiger partial charge in [-0.2, -0.15) is 0 Å². The summed E-state index contributed by atoms with van der Waals surface area (Å²) in [6.07, 6.45) is 11.2. The zero-order valence-corrected chi connectivity index (χ0v) is 23.5. The number of fused-ring (bicyclic) bond motifs is 3. The molecule has 0 spiro atoms. The van der Waals surface area contributed by atoms with E-state index < -0.39 is 0 Å². The van der Waals surface area contributed by atoms with E-state index in [4.69, 9.17) is 14.0 Å². The van der Waals surface area contributed by atoms with Crippen molar-refractivity contribution in [3.8, 4) is 0 Å². The Bertz CT molecular complexity index is 931. The highest BCUT2D eigenvalue weighted by Crippen LogP contribution is 2.60. The first-order valence-corrected chi connectivity index (χ1v) is 13.0. The van der Waals surface area contributed by atoms with Crippen molar-refractivity contribution in [2.24, 2.45) is 17.3 Å². The minimum atomic E-state index is -0.307. The third kappa shape index (κ3) is 4.31. The molecule has 3 unspecified atom stereocenters. The van der Waals surface area contributed by atoms with E-state index in [9.17, 15) is 0 Å². The lowest BCUT2D eigenvalue weighted by atomic mass is 9.63. The summed E-state index contributed by atoms with van der Waals surface area (Å²) in [6.45, 7) is 22.1. The Labute approximate surface area is 205 Å². The molecule has 4 aliphatic rings. The zero-order chi connectivity index (χ0) is 24.6. The largest absolute Gasteiger partial charge is 0.490 e. The van der Waals surface area contributed by atoms with Gasteiger partial charge in [-0.15, -0.1) is 9.24 Å². The van der Waals surface area contributed by atoms with Crippen LogP contribution in [0.3, 0.4) is 0 Å². The lowest BCUT2D eigenvalue weighted by molar-refractivity contribution is 0.00578. The monoisotopic (exact) mass is 467 g/mol. The third-order valence-corrected chi connectivity index (χ3v) is 10.0. The molecular formula is C27H42B2O3P. The molecule has 3 nitrogen and oxygen atoms in total. The van der Waals surface area contributed by atoms with Gasteiger partial charge in [0.1, 0.15) is 0 Å². The summed E-state index contributed by atoms with van der Waals surface area (Å²) >= 11 is 0. The molecule has 1 saturated carbocycles. The van der Waals surface area contributed by atoms with Crippen molar-refractivity contribution in [1.29, 1.82) is 0 Å². The van der Waals surface area contributed by atoms with Gasteiger partial charge in [0.2, 0.25) is 0 Å². The second kappa shape index (κ2) is 7.95. The number of rotatable bonds is 5. The Morgan fingerprint density at radius 3 is 1.94 bits per heavy atom. The van der Waals surface area contributed by atoms with Crippen LogP contribution in [0, 0.1) is 17.3 Å². The summed E-state index contributed by atoms with van der Waals surface area (Å²) < 4.78 is 19.0. The quantitative estimate of drug-likeness (QED) is 0.345. The predicted molar refractivity (Wildman–Crippen MR) is 143 cm³/mol. The molecule has 0 aromatic rings. The Balaban J connectivity index is 1.53. The van der Waals surface area contributed by atoms with Crippen LogP contribution in [-0.2, 0) is 14.0 Å². The smallest absolute Gasteiger partial charge is 0.429 e. The van der Waals surface area contributed by atoms with Crippen molar-refractivity contribution < 1.29 is 14.0 Å². The molecule has 4 rings (SSSR count). The van der Waals surface area contributed by atoms with Gasteiger partial charge in [-0.25, -0.2) is 0 Å². The summed E-state index contributed by atoms with van der Waals surface area (Å²) in [7, 11) is 4.66. The molecular weight excluding hydrogens is 425 g/mol. The van der Waals surface area contributed by atoms with Crippen LogP contribution in [0.2, 0.25) is 0 Å². The normalized spacial score (nSPS) is 30.1. The Morgan fingerprint density at radius 1 is 0.879 bits per heavy atom. The highest BCUT2D eigenvalue weighted by molar-refractivity contribution is 7.19. The maximum absolute atomic E-state index is 6.38. The molecule has 33 heavy (non-hydrogen) atoms. The molecule has 0 N–H and O–H groups in total. The van der Waals surface area contributed by atoms with Gasteiger partial charge in [0.15, 0.2) is 0 Å². The highest BCUT2D eigenvalue weighted by atomic mass is 31.0. The van der Waals surface area contributed by atoms with Crippen molar-refractivity contribution in [2.45, 2.75) is 104 Å². The van der Waals surface area contributed by atoms with Crippen LogP contribution in [0.1, 0.15) is 82.1 Å².